The van der Waals surface area contributed by atoms with Crippen LogP contribution in [0.25, 0.3) is 0 Å². The van der Waals surface area contributed by atoms with Crippen LogP contribution in [0.4, 0.5) is 4.79 Å². The standard InChI is InChI=1S/C11H19N3O5/c1-8(10(16)17)14-5-3-13(4-6-14)7-9(15)12-11(18)19-2/h8H,3-7H2,1-2H3,(H,16,17)(H,12,15,18). The van der Waals surface area contributed by atoms with E-state index in [0.717, 1.165) is 0 Å². The van der Waals surface area contributed by atoms with Crippen molar-refractivity contribution >= 4 is 18.0 Å². The number of carboxylic acid groups (broad SMARTS) is 1. The van der Waals surface area contributed by atoms with E-state index in [1.54, 1.807) is 6.92 Å². The minimum atomic E-state index is -0.850. The Hall–Kier alpha value is -1.67. The number of methoxy groups -OCH3 is 1. The third-order valence-corrected chi connectivity index (χ3v) is 3.11. The lowest BCUT2D eigenvalue weighted by molar-refractivity contribution is -0.143. The summed E-state index contributed by atoms with van der Waals surface area (Å²) in [5, 5.41) is 11.0. The number of carbonyl (C=O) groups excluding carboxylic acids is 2. The number of alkyl carbamates (subject to hydrolysis) is 1. The van der Waals surface area contributed by atoms with Gasteiger partial charge in [-0.3, -0.25) is 24.7 Å². The van der Waals surface area contributed by atoms with Gasteiger partial charge in [0.1, 0.15) is 6.04 Å². The first kappa shape index (κ1) is 15.4. The average Bonchev–Trinajstić information content (AvgIpc) is 2.38. The second kappa shape index (κ2) is 7.05. The van der Waals surface area contributed by atoms with Crippen LogP contribution in [-0.2, 0) is 14.3 Å². The van der Waals surface area contributed by atoms with Gasteiger partial charge in [0.15, 0.2) is 0 Å². The highest BCUT2D eigenvalue weighted by atomic mass is 16.5. The molecule has 1 heterocycles. The second-order valence-electron chi connectivity index (χ2n) is 4.37. The molecule has 0 aromatic heterocycles. The predicted octanol–water partition coefficient (Wildman–Crippen LogP) is -1.04. The fourth-order valence-corrected chi connectivity index (χ4v) is 1.87. The number of hydrogen-bond donors (Lipinski definition) is 2. The van der Waals surface area contributed by atoms with Crippen LogP contribution in [-0.4, -0.2) is 78.8 Å². The number of hydrogen-bond acceptors (Lipinski definition) is 6. The normalized spacial score (nSPS) is 18.6. The van der Waals surface area contributed by atoms with E-state index in [2.05, 4.69) is 10.1 Å². The van der Waals surface area contributed by atoms with Crippen LogP contribution in [0.3, 0.4) is 0 Å². The predicted molar refractivity (Wildman–Crippen MR) is 65.7 cm³/mol. The van der Waals surface area contributed by atoms with Gasteiger partial charge in [0.2, 0.25) is 5.91 Å². The second-order valence-corrected chi connectivity index (χ2v) is 4.37. The Balaban J connectivity index is 2.32. The van der Waals surface area contributed by atoms with Crippen molar-refractivity contribution in [2.45, 2.75) is 13.0 Å². The number of piperazine rings is 1. The highest BCUT2D eigenvalue weighted by molar-refractivity contribution is 5.92. The molecule has 1 fully saturated rings. The molecule has 1 unspecified atom stereocenters. The van der Waals surface area contributed by atoms with Gasteiger partial charge in [-0.25, -0.2) is 4.79 Å². The number of carboxylic acids is 1. The summed E-state index contributed by atoms with van der Waals surface area (Å²) < 4.78 is 4.32. The Morgan fingerprint density at radius 3 is 2.32 bits per heavy atom. The number of rotatable bonds is 4. The molecule has 0 saturated carbocycles. The van der Waals surface area contributed by atoms with Gasteiger partial charge in [-0.15, -0.1) is 0 Å². The Labute approximate surface area is 111 Å². The van der Waals surface area contributed by atoms with Gasteiger partial charge in [-0.2, -0.15) is 0 Å². The maximum Gasteiger partial charge on any atom is 0.413 e. The van der Waals surface area contributed by atoms with Crippen molar-refractivity contribution in [2.75, 3.05) is 39.8 Å². The zero-order valence-electron chi connectivity index (χ0n) is 11.1. The van der Waals surface area contributed by atoms with Crippen LogP contribution in [0, 0.1) is 0 Å². The number of amides is 2. The van der Waals surface area contributed by atoms with Gasteiger partial charge in [-0.05, 0) is 6.92 Å². The smallest absolute Gasteiger partial charge is 0.413 e. The molecule has 0 radical (unpaired) electrons. The minimum absolute atomic E-state index is 0.102. The summed E-state index contributed by atoms with van der Waals surface area (Å²) >= 11 is 0. The van der Waals surface area contributed by atoms with E-state index in [0.29, 0.717) is 26.2 Å². The maximum absolute atomic E-state index is 11.4. The molecule has 1 atom stereocenters. The molecule has 1 aliphatic rings. The van der Waals surface area contributed by atoms with Crippen LogP contribution in [0.15, 0.2) is 0 Å². The van der Waals surface area contributed by atoms with E-state index in [4.69, 9.17) is 5.11 Å². The minimum Gasteiger partial charge on any atom is -0.480 e. The van der Waals surface area contributed by atoms with E-state index in [1.807, 2.05) is 9.80 Å². The summed E-state index contributed by atoms with van der Waals surface area (Å²) in [5.74, 6) is -1.27. The number of ether oxygens (including phenoxy) is 1. The number of nitrogens with zero attached hydrogens (tertiary/aromatic N) is 2. The molecule has 1 saturated heterocycles. The van der Waals surface area contributed by atoms with Gasteiger partial charge in [-0.1, -0.05) is 0 Å². The third kappa shape index (κ3) is 4.84. The van der Waals surface area contributed by atoms with Crippen LogP contribution in [0.5, 0.6) is 0 Å². The summed E-state index contributed by atoms with van der Waals surface area (Å²) in [6.45, 7) is 4.09. The average molecular weight is 273 g/mol. The number of imide groups is 1. The van der Waals surface area contributed by atoms with Crippen molar-refractivity contribution in [3.05, 3.63) is 0 Å². The number of nitrogens with one attached hydrogen (secondary N) is 1. The first-order valence-corrected chi connectivity index (χ1v) is 6.01. The highest BCUT2D eigenvalue weighted by Crippen LogP contribution is 2.06. The Morgan fingerprint density at radius 2 is 1.84 bits per heavy atom. The largest absolute Gasteiger partial charge is 0.480 e. The fraction of sp³-hybridized carbons (Fsp3) is 0.727. The van der Waals surface area contributed by atoms with Crippen molar-refractivity contribution in [2.24, 2.45) is 0 Å². The lowest BCUT2D eigenvalue weighted by Crippen LogP contribution is -2.53. The van der Waals surface area contributed by atoms with Crippen molar-refractivity contribution < 1.29 is 24.2 Å². The topological polar surface area (TPSA) is 99.2 Å². The quantitative estimate of drug-likeness (QED) is 0.675. The van der Waals surface area contributed by atoms with E-state index in [1.165, 1.54) is 7.11 Å². The van der Waals surface area contributed by atoms with Gasteiger partial charge in [0.25, 0.3) is 0 Å². The highest BCUT2D eigenvalue weighted by Gasteiger charge is 2.26. The molecule has 8 heteroatoms. The molecular weight excluding hydrogens is 254 g/mol. The molecule has 0 aromatic rings. The fourth-order valence-electron chi connectivity index (χ4n) is 1.87. The van der Waals surface area contributed by atoms with Crippen molar-refractivity contribution in [3.63, 3.8) is 0 Å². The molecule has 1 rings (SSSR count). The molecule has 0 spiro atoms. The lowest BCUT2D eigenvalue weighted by Gasteiger charge is -2.36. The van der Waals surface area contributed by atoms with Gasteiger partial charge in [0.05, 0.1) is 13.7 Å². The first-order valence-electron chi connectivity index (χ1n) is 6.01. The molecule has 0 aromatic carbocycles. The zero-order chi connectivity index (χ0) is 14.4. The maximum atomic E-state index is 11.4. The van der Waals surface area contributed by atoms with Gasteiger partial charge in [0, 0.05) is 26.2 Å². The summed E-state index contributed by atoms with van der Waals surface area (Å²) in [7, 11) is 1.19. The van der Waals surface area contributed by atoms with Crippen LogP contribution < -0.4 is 5.32 Å². The molecule has 0 aliphatic carbocycles. The summed E-state index contributed by atoms with van der Waals surface area (Å²) in [6, 6.07) is -0.522. The van der Waals surface area contributed by atoms with Crippen LogP contribution in [0.2, 0.25) is 0 Å². The van der Waals surface area contributed by atoms with Crippen molar-refractivity contribution in [1.82, 2.24) is 15.1 Å². The molecule has 0 bridgehead atoms. The van der Waals surface area contributed by atoms with Crippen molar-refractivity contribution in [3.8, 4) is 0 Å². The molecule has 1 aliphatic heterocycles. The Bertz CT molecular complexity index is 352. The lowest BCUT2D eigenvalue weighted by atomic mass is 10.2. The number of aliphatic carboxylic acids is 1. The SMILES string of the molecule is COC(=O)NC(=O)CN1CCN(C(C)C(=O)O)CC1. The first-order chi connectivity index (χ1) is 8.93. The van der Waals surface area contributed by atoms with Crippen LogP contribution in [0.1, 0.15) is 6.92 Å². The van der Waals surface area contributed by atoms with Gasteiger partial charge >= 0.3 is 12.1 Å². The monoisotopic (exact) mass is 273 g/mol. The third-order valence-electron chi connectivity index (χ3n) is 3.11. The zero-order valence-corrected chi connectivity index (χ0v) is 11.1. The molecule has 108 valence electrons. The van der Waals surface area contributed by atoms with E-state index >= 15 is 0 Å². The van der Waals surface area contributed by atoms with Crippen molar-refractivity contribution in [1.29, 1.82) is 0 Å². The molecule has 2 N–H and O–H groups in total. The molecule has 8 nitrogen and oxygen atoms in total. The molecule has 2 amide bonds. The van der Waals surface area contributed by atoms with E-state index in [-0.39, 0.29) is 6.54 Å². The summed E-state index contributed by atoms with van der Waals surface area (Å²) in [5.41, 5.74) is 0. The Kier molecular flexibility index (Phi) is 5.71. The molecular formula is C11H19N3O5. The Morgan fingerprint density at radius 1 is 1.26 bits per heavy atom. The summed E-state index contributed by atoms with van der Waals surface area (Å²) in [4.78, 5) is 36.8. The molecule has 19 heavy (non-hydrogen) atoms. The van der Waals surface area contributed by atoms with E-state index < -0.39 is 24.0 Å². The summed E-state index contributed by atoms with van der Waals surface area (Å²) in [6.07, 6.45) is -0.775. The number of carbonyl (C=O) groups is 3. The van der Waals surface area contributed by atoms with Gasteiger partial charge < -0.3 is 9.84 Å². The van der Waals surface area contributed by atoms with Crippen LogP contribution >= 0.6 is 0 Å². The van der Waals surface area contributed by atoms with E-state index in [9.17, 15) is 14.4 Å².